The summed E-state index contributed by atoms with van der Waals surface area (Å²) in [4.78, 5) is 4.56. The van der Waals surface area contributed by atoms with E-state index in [2.05, 4.69) is 124 Å². The minimum Gasteiger partial charge on any atom is -0.256 e. The van der Waals surface area contributed by atoms with E-state index in [-0.39, 0.29) is 5.41 Å². The van der Waals surface area contributed by atoms with Crippen LogP contribution in [0.25, 0.3) is 33.5 Å². The lowest BCUT2D eigenvalue weighted by Gasteiger charge is -2.33. The predicted octanol–water partition coefficient (Wildman–Crippen LogP) is 14.4. The van der Waals surface area contributed by atoms with Gasteiger partial charge in [0.1, 0.15) is 0 Å². The quantitative estimate of drug-likeness (QED) is 0.0852. The van der Waals surface area contributed by atoms with Crippen molar-refractivity contribution in [3.8, 4) is 33.5 Å². The van der Waals surface area contributed by atoms with Gasteiger partial charge >= 0.3 is 0 Å². The predicted molar refractivity (Wildman–Crippen MR) is 216 cm³/mol. The molecule has 0 amide bonds. The first-order valence-corrected chi connectivity index (χ1v) is 19.9. The van der Waals surface area contributed by atoms with Crippen molar-refractivity contribution < 1.29 is 0 Å². The van der Waals surface area contributed by atoms with Gasteiger partial charge in [0.2, 0.25) is 0 Å². The number of aromatic nitrogens is 1. The van der Waals surface area contributed by atoms with E-state index in [1.54, 1.807) is 11.1 Å². The minimum atomic E-state index is 0.0916. The summed E-state index contributed by atoms with van der Waals surface area (Å²) in [5, 5.41) is 0. The Hall–Kier alpha value is -3.97. The number of fused-ring (bicyclic) bond motifs is 3. The lowest BCUT2D eigenvalue weighted by atomic mass is 9.70. The maximum Gasteiger partial charge on any atom is 0.0701 e. The largest absolute Gasteiger partial charge is 0.256 e. The molecule has 0 atom stereocenters. The number of aryl methyl sites for hydroxylation is 2. The molecule has 0 bridgehead atoms. The Morgan fingerprint density at radius 1 is 0.500 bits per heavy atom. The molecule has 0 spiro atoms. The average Bonchev–Trinajstić information content (AvgIpc) is 3.40. The normalized spacial score (nSPS) is 13.0. The van der Waals surface area contributed by atoms with Gasteiger partial charge in [-0.05, 0) is 95.8 Å². The number of pyridine rings is 1. The monoisotopic (exact) mass is 661 g/mol. The lowest BCUT2D eigenvalue weighted by molar-refractivity contribution is 0.398. The highest BCUT2D eigenvalue weighted by Gasteiger charge is 2.42. The number of hydrogen-bond acceptors (Lipinski definition) is 1. The number of nitrogens with zero attached hydrogens (tertiary/aromatic N) is 1. The molecule has 50 heavy (non-hydrogen) atoms. The maximum absolute atomic E-state index is 4.56. The van der Waals surface area contributed by atoms with E-state index in [9.17, 15) is 0 Å². The summed E-state index contributed by atoms with van der Waals surface area (Å²) in [6, 6.07) is 37.0. The third-order valence-corrected chi connectivity index (χ3v) is 11.3. The average molecular weight is 662 g/mol. The highest BCUT2D eigenvalue weighted by molar-refractivity contribution is 5.84. The molecule has 1 aromatic heterocycles. The van der Waals surface area contributed by atoms with Crippen LogP contribution in [0.5, 0.6) is 0 Å². The molecule has 6 rings (SSSR count). The number of benzene rings is 4. The lowest BCUT2D eigenvalue weighted by Crippen LogP contribution is -2.25. The highest BCUT2D eigenvalue weighted by Crippen LogP contribution is 2.55. The number of hydrogen-bond donors (Lipinski definition) is 0. The van der Waals surface area contributed by atoms with Crippen molar-refractivity contribution >= 4 is 0 Å². The second kappa shape index (κ2) is 17.3. The second-order valence-electron chi connectivity index (χ2n) is 15.2. The van der Waals surface area contributed by atoms with Crippen LogP contribution in [0, 0.1) is 13.8 Å². The summed E-state index contributed by atoms with van der Waals surface area (Å²) >= 11 is 0. The van der Waals surface area contributed by atoms with Crippen LogP contribution in [-0.4, -0.2) is 4.98 Å². The van der Waals surface area contributed by atoms with Crippen LogP contribution < -0.4 is 0 Å². The highest BCUT2D eigenvalue weighted by atomic mass is 14.7. The molecular weight excluding hydrogens is 603 g/mol. The molecule has 5 aromatic rings. The molecule has 0 N–H and O–H groups in total. The van der Waals surface area contributed by atoms with Gasteiger partial charge < -0.3 is 0 Å². The molecule has 0 saturated heterocycles. The SMILES string of the molecule is CCCCCCCCC1(CCCCCCCC)c2cc(C)ccc2-c2ccc(-c3ccc(C)cc3Cc3ccc(-c4ccccn4)cc3)cc21. The fourth-order valence-corrected chi connectivity index (χ4v) is 8.55. The summed E-state index contributed by atoms with van der Waals surface area (Å²) in [5.74, 6) is 0. The van der Waals surface area contributed by atoms with Gasteiger partial charge in [-0.15, -0.1) is 0 Å². The van der Waals surface area contributed by atoms with Gasteiger partial charge in [0.15, 0.2) is 0 Å². The molecule has 1 heteroatoms. The zero-order valence-electron chi connectivity index (χ0n) is 31.4. The Labute approximate surface area is 303 Å². The molecule has 1 nitrogen and oxygen atoms in total. The fourth-order valence-electron chi connectivity index (χ4n) is 8.55. The fraction of sp³-hybridized carbons (Fsp3) is 0.408. The molecule has 0 aliphatic heterocycles. The molecule has 260 valence electrons. The van der Waals surface area contributed by atoms with Gasteiger partial charge in [0.25, 0.3) is 0 Å². The molecule has 0 unspecified atom stereocenters. The Morgan fingerprint density at radius 2 is 1.06 bits per heavy atom. The van der Waals surface area contributed by atoms with Crippen molar-refractivity contribution in [2.24, 2.45) is 0 Å². The van der Waals surface area contributed by atoms with E-state index in [4.69, 9.17) is 0 Å². The molecular formula is C49H59N. The van der Waals surface area contributed by atoms with Crippen molar-refractivity contribution in [2.45, 2.75) is 129 Å². The number of rotatable bonds is 18. The van der Waals surface area contributed by atoms with Crippen LogP contribution in [-0.2, 0) is 11.8 Å². The molecule has 1 heterocycles. The van der Waals surface area contributed by atoms with Crippen LogP contribution >= 0.6 is 0 Å². The third-order valence-electron chi connectivity index (χ3n) is 11.3. The molecule has 0 radical (unpaired) electrons. The number of unbranched alkanes of at least 4 members (excludes halogenated alkanes) is 10. The summed E-state index contributed by atoms with van der Waals surface area (Å²) in [6.45, 7) is 9.16. The van der Waals surface area contributed by atoms with E-state index >= 15 is 0 Å². The van der Waals surface area contributed by atoms with Crippen LogP contribution in [0.3, 0.4) is 0 Å². The van der Waals surface area contributed by atoms with Crippen molar-refractivity contribution in [1.82, 2.24) is 4.98 Å². The van der Waals surface area contributed by atoms with Gasteiger partial charge in [-0.1, -0.05) is 181 Å². The molecule has 0 saturated carbocycles. The van der Waals surface area contributed by atoms with E-state index in [1.807, 2.05) is 12.3 Å². The van der Waals surface area contributed by atoms with Crippen LogP contribution in [0.1, 0.15) is 137 Å². The Bertz CT molecular complexity index is 1800. The van der Waals surface area contributed by atoms with E-state index < -0.39 is 0 Å². The first-order valence-electron chi connectivity index (χ1n) is 19.9. The second-order valence-corrected chi connectivity index (χ2v) is 15.2. The van der Waals surface area contributed by atoms with Crippen molar-refractivity contribution in [3.63, 3.8) is 0 Å². The Kier molecular flexibility index (Phi) is 12.4. The van der Waals surface area contributed by atoms with Gasteiger partial charge in [-0.3, -0.25) is 4.98 Å². The van der Waals surface area contributed by atoms with Crippen molar-refractivity contribution in [2.75, 3.05) is 0 Å². The zero-order valence-corrected chi connectivity index (χ0v) is 31.4. The van der Waals surface area contributed by atoms with Gasteiger partial charge in [-0.2, -0.15) is 0 Å². The van der Waals surface area contributed by atoms with E-state index in [0.717, 1.165) is 12.1 Å². The smallest absolute Gasteiger partial charge is 0.0701 e. The Balaban J connectivity index is 1.35. The van der Waals surface area contributed by atoms with Gasteiger partial charge in [0.05, 0.1) is 5.69 Å². The van der Waals surface area contributed by atoms with Gasteiger partial charge in [0, 0.05) is 17.2 Å². The maximum atomic E-state index is 4.56. The molecule has 1 aliphatic rings. The summed E-state index contributed by atoms with van der Waals surface area (Å²) < 4.78 is 0. The summed E-state index contributed by atoms with van der Waals surface area (Å²) in [5.41, 5.74) is 16.6. The van der Waals surface area contributed by atoms with E-state index in [1.165, 1.54) is 140 Å². The first-order chi connectivity index (χ1) is 24.5. The summed E-state index contributed by atoms with van der Waals surface area (Å²) in [7, 11) is 0. The van der Waals surface area contributed by atoms with Crippen LogP contribution in [0.2, 0.25) is 0 Å². The zero-order chi connectivity index (χ0) is 34.8. The Morgan fingerprint density at radius 3 is 1.70 bits per heavy atom. The van der Waals surface area contributed by atoms with E-state index in [0.29, 0.717) is 0 Å². The topological polar surface area (TPSA) is 12.9 Å². The van der Waals surface area contributed by atoms with Crippen LogP contribution in [0.4, 0.5) is 0 Å². The molecule has 1 aliphatic carbocycles. The third kappa shape index (κ3) is 8.31. The van der Waals surface area contributed by atoms with Gasteiger partial charge in [-0.25, -0.2) is 0 Å². The van der Waals surface area contributed by atoms with Crippen molar-refractivity contribution in [1.29, 1.82) is 0 Å². The molecule has 4 aromatic carbocycles. The standard InChI is InChI=1S/C49H59N/c1-5-7-9-11-13-16-30-49(31-17-14-12-10-8-6-2)46-34-38(4)21-28-44(46)45-29-26-41(36-47(45)49)43-27-20-37(3)33-42(43)35-39-22-24-40(25-23-39)48-19-15-18-32-50-48/h15,18-29,32-34,36H,5-14,16-17,30-31,35H2,1-4H3. The first kappa shape index (κ1) is 35.8. The minimum absolute atomic E-state index is 0.0916. The summed E-state index contributed by atoms with van der Waals surface area (Å²) in [6.07, 6.45) is 21.4. The van der Waals surface area contributed by atoms with Crippen molar-refractivity contribution in [3.05, 3.63) is 137 Å². The van der Waals surface area contributed by atoms with Crippen LogP contribution in [0.15, 0.2) is 103 Å². The molecule has 0 fully saturated rings.